The van der Waals surface area contributed by atoms with E-state index in [9.17, 15) is 4.79 Å². The molecule has 0 amide bonds. The third-order valence-electron chi connectivity index (χ3n) is 2.85. The van der Waals surface area contributed by atoms with E-state index in [1.165, 1.54) is 4.70 Å². The Balaban J connectivity index is 2.23. The van der Waals surface area contributed by atoms with E-state index in [0.29, 0.717) is 0 Å². The molecule has 18 heavy (non-hydrogen) atoms. The number of aliphatic carboxylic acids is 1. The van der Waals surface area contributed by atoms with Crippen molar-refractivity contribution in [3.63, 3.8) is 0 Å². The number of hydrogen-bond acceptors (Lipinski definition) is 2. The van der Waals surface area contributed by atoms with E-state index in [1.807, 2.05) is 36.4 Å². The van der Waals surface area contributed by atoms with Crippen LogP contribution >= 0.6 is 22.9 Å². The molecule has 0 saturated heterocycles. The summed E-state index contributed by atoms with van der Waals surface area (Å²) in [5, 5.41) is 11.8. The molecule has 0 saturated carbocycles. The second-order valence-corrected chi connectivity index (χ2v) is 5.66. The van der Waals surface area contributed by atoms with Gasteiger partial charge in [0.05, 0.1) is 6.42 Å². The molecule has 1 heterocycles. The number of benzene rings is 2. The van der Waals surface area contributed by atoms with Crippen molar-refractivity contribution in [3.8, 4) is 0 Å². The predicted molar refractivity (Wildman–Crippen MR) is 75.7 cm³/mol. The van der Waals surface area contributed by atoms with Gasteiger partial charge in [-0.25, -0.2) is 0 Å². The van der Waals surface area contributed by atoms with Crippen molar-refractivity contribution < 1.29 is 9.90 Å². The summed E-state index contributed by atoms with van der Waals surface area (Å²) in [6.45, 7) is 0. The summed E-state index contributed by atoms with van der Waals surface area (Å²) in [6.07, 6.45) is 0.0605. The zero-order valence-corrected chi connectivity index (χ0v) is 10.9. The molecule has 0 spiro atoms. The summed E-state index contributed by atoms with van der Waals surface area (Å²) >= 11 is 7.66. The Morgan fingerprint density at radius 1 is 1.11 bits per heavy atom. The van der Waals surface area contributed by atoms with Gasteiger partial charge in [-0.2, -0.15) is 0 Å². The zero-order chi connectivity index (χ0) is 12.7. The lowest BCUT2D eigenvalue weighted by molar-refractivity contribution is -0.136. The van der Waals surface area contributed by atoms with Gasteiger partial charge in [0.1, 0.15) is 0 Å². The van der Waals surface area contributed by atoms with E-state index in [0.717, 1.165) is 26.1 Å². The highest BCUT2D eigenvalue weighted by molar-refractivity contribution is 7.25. The van der Waals surface area contributed by atoms with Crippen LogP contribution in [-0.2, 0) is 11.2 Å². The summed E-state index contributed by atoms with van der Waals surface area (Å²) in [4.78, 5) is 10.7. The first-order valence-corrected chi connectivity index (χ1v) is 6.65. The monoisotopic (exact) mass is 276 g/mol. The summed E-state index contributed by atoms with van der Waals surface area (Å²) in [5.74, 6) is -0.807. The number of hydrogen-bond donors (Lipinski definition) is 1. The molecule has 1 aromatic heterocycles. The van der Waals surface area contributed by atoms with E-state index < -0.39 is 5.97 Å². The molecule has 0 aliphatic carbocycles. The first-order valence-electron chi connectivity index (χ1n) is 5.46. The first kappa shape index (κ1) is 11.5. The Hall–Kier alpha value is -1.58. The van der Waals surface area contributed by atoms with Crippen molar-refractivity contribution in [1.82, 2.24) is 0 Å². The molecule has 0 atom stereocenters. The highest BCUT2D eigenvalue weighted by Gasteiger charge is 2.07. The molecule has 3 aromatic rings. The van der Waals surface area contributed by atoms with E-state index in [-0.39, 0.29) is 6.42 Å². The lowest BCUT2D eigenvalue weighted by Crippen LogP contribution is -1.99. The Labute approximate surface area is 112 Å². The van der Waals surface area contributed by atoms with Gasteiger partial charge in [0, 0.05) is 25.2 Å². The van der Waals surface area contributed by atoms with Gasteiger partial charge >= 0.3 is 5.97 Å². The maximum Gasteiger partial charge on any atom is 0.307 e. The van der Waals surface area contributed by atoms with Crippen molar-refractivity contribution in [3.05, 3.63) is 47.0 Å². The van der Waals surface area contributed by atoms with Crippen molar-refractivity contribution in [1.29, 1.82) is 0 Å². The van der Waals surface area contributed by atoms with Crippen LogP contribution < -0.4 is 0 Å². The van der Waals surface area contributed by atoms with Crippen LogP contribution in [0.15, 0.2) is 36.4 Å². The standard InChI is InChI=1S/C14H9ClO2S/c15-9-2-4-12-11(7-9)10-3-1-8(6-14(16)17)5-13(10)18-12/h1-5,7H,6H2,(H,16,17). The van der Waals surface area contributed by atoms with Crippen LogP contribution in [-0.4, -0.2) is 11.1 Å². The zero-order valence-electron chi connectivity index (χ0n) is 9.31. The van der Waals surface area contributed by atoms with Gasteiger partial charge in [0.25, 0.3) is 0 Å². The molecular formula is C14H9ClO2S. The van der Waals surface area contributed by atoms with Crippen molar-refractivity contribution >= 4 is 49.1 Å². The third kappa shape index (κ3) is 1.96. The lowest BCUT2D eigenvalue weighted by atomic mass is 10.1. The minimum atomic E-state index is -0.807. The second kappa shape index (κ2) is 4.26. The van der Waals surface area contributed by atoms with Gasteiger partial charge in [0.15, 0.2) is 0 Å². The predicted octanol–water partition coefficient (Wildman–Crippen LogP) is 4.34. The molecule has 0 fully saturated rings. The second-order valence-electron chi connectivity index (χ2n) is 4.14. The number of rotatable bonds is 2. The fourth-order valence-corrected chi connectivity index (χ4v) is 3.40. The summed E-state index contributed by atoms with van der Waals surface area (Å²) in [5.41, 5.74) is 0.827. The summed E-state index contributed by atoms with van der Waals surface area (Å²) < 4.78 is 2.27. The SMILES string of the molecule is O=C(O)Cc1ccc2c(c1)sc1ccc(Cl)cc12. The molecular weight excluding hydrogens is 268 g/mol. The Morgan fingerprint density at radius 2 is 1.94 bits per heavy atom. The van der Waals surface area contributed by atoms with Crippen LogP contribution in [0.4, 0.5) is 0 Å². The van der Waals surface area contributed by atoms with Gasteiger partial charge in [-0.1, -0.05) is 23.7 Å². The average Bonchev–Trinajstić information content (AvgIpc) is 2.65. The van der Waals surface area contributed by atoms with E-state index in [1.54, 1.807) is 11.3 Å². The third-order valence-corrected chi connectivity index (χ3v) is 4.22. The van der Waals surface area contributed by atoms with E-state index >= 15 is 0 Å². The van der Waals surface area contributed by atoms with Crippen LogP contribution in [0.5, 0.6) is 0 Å². The quantitative estimate of drug-likeness (QED) is 0.756. The Bertz CT molecular complexity index is 761. The maximum atomic E-state index is 10.7. The average molecular weight is 277 g/mol. The maximum absolute atomic E-state index is 10.7. The number of fused-ring (bicyclic) bond motifs is 3. The smallest absolute Gasteiger partial charge is 0.307 e. The molecule has 2 aromatic carbocycles. The minimum Gasteiger partial charge on any atom is -0.481 e. The Kier molecular flexibility index (Phi) is 2.73. The fraction of sp³-hybridized carbons (Fsp3) is 0.0714. The van der Waals surface area contributed by atoms with Crippen molar-refractivity contribution in [2.24, 2.45) is 0 Å². The van der Waals surface area contributed by atoms with Crippen molar-refractivity contribution in [2.75, 3.05) is 0 Å². The minimum absolute atomic E-state index is 0.0605. The van der Waals surface area contributed by atoms with E-state index in [4.69, 9.17) is 16.7 Å². The largest absolute Gasteiger partial charge is 0.481 e. The molecule has 2 nitrogen and oxygen atoms in total. The molecule has 3 rings (SSSR count). The van der Waals surface area contributed by atoms with Gasteiger partial charge in [-0.3, -0.25) is 4.79 Å². The number of carboxylic acid groups (broad SMARTS) is 1. The van der Waals surface area contributed by atoms with Gasteiger partial charge in [0.2, 0.25) is 0 Å². The first-order chi connectivity index (χ1) is 8.63. The highest BCUT2D eigenvalue weighted by atomic mass is 35.5. The summed E-state index contributed by atoms with van der Waals surface area (Å²) in [6, 6.07) is 11.6. The summed E-state index contributed by atoms with van der Waals surface area (Å²) in [7, 11) is 0. The molecule has 0 aliphatic heterocycles. The normalized spacial score (nSPS) is 11.2. The van der Waals surface area contributed by atoms with Crippen LogP contribution in [0.1, 0.15) is 5.56 Å². The van der Waals surface area contributed by atoms with Gasteiger partial charge in [-0.05, 0) is 29.8 Å². The van der Waals surface area contributed by atoms with Crippen LogP contribution in [0.25, 0.3) is 20.2 Å². The lowest BCUT2D eigenvalue weighted by Gasteiger charge is -1.97. The Morgan fingerprint density at radius 3 is 2.72 bits per heavy atom. The molecule has 0 radical (unpaired) electrons. The van der Waals surface area contributed by atoms with Crippen LogP contribution in [0, 0.1) is 0 Å². The highest BCUT2D eigenvalue weighted by Crippen LogP contribution is 2.35. The topological polar surface area (TPSA) is 37.3 Å². The molecule has 1 N–H and O–H groups in total. The number of carboxylic acids is 1. The van der Waals surface area contributed by atoms with Gasteiger partial charge in [-0.15, -0.1) is 11.3 Å². The van der Waals surface area contributed by atoms with E-state index in [2.05, 4.69) is 0 Å². The number of carbonyl (C=O) groups is 1. The number of thiophene rings is 1. The van der Waals surface area contributed by atoms with Crippen LogP contribution in [0.3, 0.4) is 0 Å². The molecule has 0 unspecified atom stereocenters. The van der Waals surface area contributed by atoms with Crippen molar-refractivity contribution in [2.45, 2.75) is 6.42 Å². The molecule has 4 heteroatoms. The molecule has 0 bridgehead atoms. The van der Waals surface area contributed by atoms with Gasteiger partial charge < -0.3 is 5.11 Å². The molecule has 0 aliphatic rings. The molecule has 90 valence electrons. The van der Waals surface area contributed by atoms with Crippen LogP contribution in [0.2, 0.25) is 5.02 Å². The number of halogens is 1. The fourth-order valence-electron chi connectivity index (χ4n) is 2.08.